The lowest BCUT2D eigenvalue weighted by Gasteiger charge is -2.00. The molecule has 1 amide bonds. The maximum atomic E-state index is 13.4. The molecule has 3 aromatic rings. The van der Waals surface area contributed by atoms with Gasteiger partial charge in [0.25, 0.3) is 5.91 Å². The largest absolute Gasteiger partial charge is 0.422 e. The summed E-state index contributed by atoms with van der Waals surface area (Å²) < 4.78 is 18.6. The lowest BCUT2D eigenvalue weighted by Crippen LogP contribution is -2.13. The summed E-state index contributed by atoms with van der Waals surface area (Å²) in [7, 11) is 0. The van der Waals surface area contributed by atoms with Crippen molar-refractivity contribution in [1.29, 1.82) is 0 Å². The highest BCUT2D eigenvalue weighted by molar-refractivity contribution is 6.35. The Morgan fingerprint density at radius 3 is 2.72 bits per heavy atom. The minimum Gasteiger partial charge on any atom is -0.422 e. The fourth-order valence-electron chi connectivity index (χ4n) is 2.75. The molecule has 0 fully saturated rings. The van der Waals surface area contributed by atoms with E-state index in [2.05, 4.69) is 5.32 Å². The van der Waals surface area contributed by atoms with Crippen LogP contribution in [0.4, 0.5) is 10.1 Å². The number of amides is 1. The molecule has 1 N–H and O–H groups in total. The standard InChI is InChI=1S/C19H10FNO4/c20-11-5-6-15-12(8-11)13(18(23)21-15)9-16(22)14-7-10-3-1-2-4-17(10)25-19(14)24/h1-9H,(H,21,23)/b13-9-. The first-order valence-electron chi connectivity index (χ1n) is 7.43. The Kier molecular flexibility index (Phi) is 3.32. The van der Waals surface area contributed by atoms with E-state index < -0.39 is 23.1 Å². The van der Waals surface area contributed by atoms with Gasteiger partial charge in [0.1, 0.15) is 17.0 Å². The molecule has 4 rings (SSSR count). The first kappa shape index (κ1) is 15.0. The highest BCUT2D eigenvalue weighted by atomic mass is 19.1. The minimum absolute atomic E-state index is 0.00654. The molecule has 0 spiro atoms. The van der Waals surface area contributed by atoms with Gasteiger partial charge < -0.3 is 9.73 Å². The van der Waals surface area contributed by atoms with Crippen LogP contribution in [0.25, 0.3) is 16.5 Å². The molecule has 1 aromatic heterocycles. The van der Waals surface area contributed by atoms with Crippen molar-refractivity contribution in [3.63, 3.8) is 0 Å². The summed E-state index contributed by atoms with van der Waals surface area (Å²) >= 11 is 0. The molecular formula is C19H10FNO4. The van der Waals surface area contributed by atoms with Gasteiger partial charge in [-0.1, -0.05) is 18.2 Å². The Labute approximate surface area is 140 Å². The molecule has 2 heterocycles. The van der Waals surface area contributed by atoms with Gasteiger partial charge >= 0.3 is 5.63 Å². The van der Waals surface area contributed by atoms with Gasteiger partial charge in [0.15, 0.2) is 5.78 Å². The zero-order chi connectivity index (χ0) is 17.6. The Morgan fingerprint density at radius 1 is 1.08 bits per heavy atom. The molecule has 25 heavy (non-hydrogen) atoms. The number of anilines is 1. The highest BCUT2D eigenvalue weighted by Gasteiger charge is 2.26. The summed E-state index contributed by atoms with van der Waals surface area (Å²) in [5.41, 5.74) is 0.0802. The molecule has 2 aromatic carbocycles. The Bertz CT molecular complexity index is 1140. The molecule has 0 atom stereocenters. The maximum Gasteiger partial charge on any atom is 0.347 e. The number of ketones is 1. The van der Waals surface area contributed by atoms with Crippen molar-refractivity contribution in [3.05, 3.63) is 82.0 Å². The third-order valence-corrected chi connectivity index (χ3v) is 3.95. The topological polar surface area (TPSA) is 76.4 Å². The number of allylic oxidation sites excluding steroid dienone is 1. The summed E-state index contributed by atoms with van der Waals surface area (Å²) in [5, 5.41) is 3.14. The van der Waals surface area contributed by atoms with Crippen molar-refractivity contribution in [2.24, 2.45) is 0 Å². The molecule has 5 nitrogen and oxygen atoms in total. The zero-order valence-corrected chi connectivity index (χ0v) is 12.7. The Balaban J connectivity index is 1.82. The molecule has 0 unspecified atom stereocenters. The van der Waals surface area contributed by atoms with Gasteiger partial charge in [-0.2, -0.15) is 0 Å². The van der Waals surface area contributed by atoms with Gasteiger partial charge in [-0.3, -0.25) is 9.59 Å². The first-order chi connectivity index (χ1) is 12.0. The first-order valence-corrected chi connectivity index (χ1v) is 7.43. The highest BCUT2D eigenvalue weighted by Crippen LogP contribution is 2.32. The van der Waals surface area contributed by atoms with Gasteiger partial charge in [-0.05, 0) is 36.4 Å². The lowest BCUT2D eigenvalue weighted by atomic mass is 10.0. The van der Waals surface area contributed by atoms with E-state index in [9.17, 15) is 18.8 Å². The van der Waals surface area contributed by atoms with Gasteiger partial charge in [0.05, 0.1) is 5.57 Å². The van der Waals surface area contributed by atoms with Crippen molar-refractivity contribution in [2.75, 3.05) is 5.32 Å². The van der Waals surface area contributed by atoms with Crippen LogP contribution in [-0.2, 0) is 4.79 Å². The van der Waals surface area contributed by atoms with E-state index in [0.717, 1.165) is 12.1 Å². The van der Waals surface area contributed by atoms with Crippen LogP contribution in [0.15, 0.2) is 63.8 Å². The predicted octanol–water partition coefficient (Wildman–Crippen LogP) is 3.15. The van der Waals surface area contributed by atoms with Crippen LogP contribution in [0.1, 0.15) is 15.9 Å². The number of hydrogen-bond donors (Lipinski definition) is 1. The average molecular weight is 335 g/mol. The van der Waals surface area contributed by atoms with E-state index in [0.29, 0.717) is 16.7 Å². The van der Waals surface area contributed by atoms with Gasteiger partial charge in [0.2, 0.25) is 0 Å². The number of rotatable bonds is 2. The van der Waals surface area contributed by atoms with E-state index in [4.69, 9.17) is 4.42 Å². The molecule has 1 aliphatic heterocycles. The second-order valence-corrected chi connectivity index (χ2v) is 5.55. The molecule has 122 valence electrons. The summed E-state index contributed by atoms with van der Waals surface area (Å²) in [6, 6.07) is 12.0. The number of halogens is 1. The van der Waals surface area contributed by atoms with Crippen molar-refractivity contribution >= 4 is 33.9 Å². The maximum absolute atomic E-state index is 13.4. The third-order valence-electron chi connectivity index (χ3n) is 3.95. The van der Waals surface area contributed by atoms with E-state index >= 15 is 0 Å². The zero-order valence-electron chi connectivity index (χ0n) is 12.7. The number of carbonyl (C=O) groups excluding carboxylic acids is 2. The van der Waals surface area contributed by atoms with Crippen LogP contribution in [-0.4, -0.2) is 11.7 Å². The van der Waals surface area contributed by atoms with Crippen molar-refractivity contribution in [2.45, 2.75) is 0 Å². The van der Waals surface area contributed by atoms with Crippen LogP contribution in [0.5, 0.6) is 0 Å². The number of para-hydroxylation sites is 1. The summed E-state index contributed by atoms with van der Waals surface area (Å²) in [6.45, 7) is 0. The molecule has 1 aliphatic rings. The molecule has 0 aliphatic carbocycles. The third kappa shape index (κ3) is 2.53. The van der Waals surface area contributed by atoms with Gasteiger partial charge in [-0.15, -0.1) is 0 Å². The molecule has 0 saturated heterocycles. The SMILES string of the molecule is O=C1Nc2ccc(F)cc2/C1=C/C(=O)c1cc2ccccc2oc1=O. The van der Waals surface area contributed by atoms with Crippen LogP contribution < -0.4 is 10.9 Å². The Morgan fingerprint density at radius 2 is 1.88 bits per heavy atom. The van der Waals surface area contributed by atoms with Crippen LogP contribution in [0.3, 0.4) is 0 Å². The summed E-state index contributed by atoms with van der Waals surface area (Å²) in [5.74, 6) is -1.74. The second kappa shape index (κ2) is 5.52. The van der Waals surface area contributed by atoms with Crippen molar-refractivity contribution < 1.29 is 18.4 Å². The molecule has 0 bridgehead atoms. The van der Waals surface area contributed by atoms with E-state index in [1.54, 1.807) is 24.3 Å². The molecule has 6 heteroatoms. The summed E-state index contributed by atoms with van der Waals surface area (Å²) in [6.07, 6.45) is 1.03. The lowest BCUT2D eigenvalue weighted by molar-refractivity contribution is -0.110. The number of carbonyl (C=O) groups is 2. The number of hydrogen-bond acceptors (Lipinski definition) is 4. The van der Waals surface area contributed by atoms with Gasteiger partial charge in [-0.25, -0.2) is 9.18 Å². The van der Waals surface area contributed by atoms with E-state index in [-0.39, 0.29) is 16.7 Å². The fourth-order valence-corrected chi connectivity index (χ4v) is 2.75. The van der Waals surface area contributed by atoms with Crippen molar-refractivity contribution in [3.8, 4) is 0 Å². The second-order valence-electron chi connectivity index (χ2n) is 5.55. The minimum atomic E-state index is -0.793. The van der Waals surface area contributed by atoms with Gasteiger partial charge in [0, 0.05) is 16.6 Å². The monoisotopic (exact) mass is 335 g/mol. The molecule has 0 saturated carbocycles. The normalized spacial score (nSPS) is 14.6. The molecular weight excluding hydrogens is 325 g/mol. The van der Waals surface area contributed by atoms with Crippen LogP contribution >= 0.6 is 0 Å². The number of benzene rings is 2. The predicted molar refractivity (Wildman–Crippen MR) is 89.8 cm³/mol. The van der Waals surface area contributed by atoms with Crippen LogP contribution in [0.2, 0.25) is 0 Å². The Hall–Kier alpha value is -3.54. The number of fused-ring (bicyclic) bond motifs is 2. The smallest absolute Gasteiger partial charge is 0.347 e. The summed E-state index contributed by atoms with van der Waals surface area (Å²) in [4.78, 5) is 36.6. The molecule has 0 radical (unpaired) electrons. The quantitative estimate of drug-likeness (QED) is 0.443. The van der Waals surface area contributed by atoms with E-state index in [1.807, 2.05) is 0 Å². The average Bonchev–Trinajstić information content (AvgIpc) is 2.89. The van der Waals surface area contributed by atoms with Crippen molar-refractivity contribution in [1.82, 2.24) is 0 Å². The van der Waals surface area contributed by atoms with E-state index in [1.165, 1.54) is 18.2 Å². The fraction of sp³-hybridized carbons (Fsp3) is 0. The number of nitrogens with one attached hydrogen (secondary N) is 1. The van der Waals surface area contributed by atoms with Crippen LogP contribution in [0, 0.1) is 5.82 Å².